The molecule has 0 bridgehead atoms. The van der Waals surface area contributed by atoms with E-state index in [2.05, 4.69) is 22.4 Å². The van der Waals surface area contributed by atoms with Crippen LogP contribution in [0.25, 0.3) is 5.57 Å². The highest BCUT2D eigenvalue weighted by atomic mass is 15.0. The Labute approximate surface area is 88.4 Å². The molecule has 1 saturated heterocycles. The Morgan fingerprint density at radius 3 is 3.00 bits per heavy atom. The minimum absolute atomic E-state index is 0.630. The van der Waals surface area contributed by atoms with Gasteiger partial charge in [0.15, 0.2) is 0 Å². The summed E-state index contributed by atoms with van der Waals surface area (Å²) >= 11 is 0. The highest BCUT2D eigenvalue weighted by Crippen LogP contribution is 2.35. The highest BCUT2D eigenvalue weighted by molar-refractivity contribution is 5.69. The molecule has 0 radical (unpaired) electrons. The molecule has 1 aliphatic carbocycles. The van der Waals surface area contributed by atoms with Crippen molar-refractivity contribution in [1.29, 1.82) is 5.26 Å². The Morgan fingerprint density at radius 1 is 1.47 bits per heavy atom. The fourth-order valence-corrected chi connectivity index (χ4v) is 2.27. The Bertz CT molecular complexity index is 470. The third-order valence-electron chi connectivity index (χ3n) is 3.23. The molecule has 0 aromatic carbocycles. The molecule has 3 heteroatoms. The lowest BCUT2D eigenvalue weighted by Gasteiger charge is -2.31. The first-order valence-electron chi connectivity index (χ1n) is 5.16. The number of hydrogen-bond donors (Lipinski definition) is 1. The maximum Gasteiger partial charge on any atom is 0.101 e. The Hall–Kier alpha value is -1.66. The Morgan fingerprint density at radius 2 is 2.40 bits per heavy atom. The van der Waals surface area contributed by atoms with Crippen LogP contribution in [0, 0.1) is 17.2 Å². The number of pyridine rings is 1. The van der Waals surface area contributed by atoms with E-state index in [-0.39, 0.29) is 0 Å². The summed E-state index contributed by atoms with van der Waals surface area (Å²) in [5.74, 6) is 0.700. The van der Waals surface area contributed by atoms with Gasteiger partial charge in [-0.2, -0.15) is 5.26 Å². The lowest BCUT2D eigenvalue weighted by atomic mass is 9.95. The fourth-order valence-electron chi connectivity index (χ4n) is 2.27. The van der Waals surface area contributed by atoms with E-state index in [1.807, 2.05) is 12.3 Å². The van der Waals surface area contributed by atoms with E-state index in [9.17, 15) is 0 Å². The molecule has 15 heavy (non-hydrogen) atoms. The smallest absolute Gasteiger partial charge is 0.101 e. The van der Waals surface area contributed by atoms with E-state index in [0.29, 0.717) is 17.5 Å². The molecule has 1 N–H and O–H groups in total. The van der Waals surface area contributed by atoms with Crippen LogP contribution in [0.15, 0.2) is 24.5 Å². The summed E-state index contributed by atoms with van der Waals surface area (Å²) in [6.45, 7) is 1.10. The van der Waals surface area contributed by atoms with Gasteiger partial charge in [-0.25, -0.2) is 0 Å². The van der Waals surface area contributed by atoms with E-state index in [0.717, 1.165) is 18.5 Å². The molecule has 2 aliphatic rings. The van der Waals surface area contributed by atoms with Gasteiger partial charge in [-0.15, -0.1) is 0 Å². The Kier molecular flexibility index (Phi) is 1.83. The first-order valence-corrected chi connectivity index (χ1v) is 5.16. The predicted molar refractivity (Wildman–Crippen MR) is 56.8 cm³/mol. The van der Waals surface area contributed by atoms with Gasteiger partial charge in [0.25, 0.3) is 0 Å². The maximum absolute atomic E-state index is 8.80. The predicted octanol–water partition coefficient (Wildman–Crippen LogP) is 1.33. The monoisotopic (exact) mass is 197 g/mol. The number of fused-ring (bicyclic) bond motifs is 1. The molecule has 0 saturated carbocycles. The summed E-state index contributed by atoms with van der Waals surface area (Å²) < 4.78 is 0. The summed E-state index contributed by atoms with van der Waals surface area (Å²) in [6, 6.07) is 4.67. The van der Waals surface area contributed by atoms with Gasteiger partial charge in [-0.3, -0.25) is 4.98 Å². The molecule has 3 nitrogen and oxygen atoms in total. The zero-order valence-corrected chi connectivity index (χ0v) is 8.27. The summed E-state index contributed by atoms with van der Waals surface area (Å²) in [7, 11) is 0. The molecule has 1 aliphatic heterocycles. The van der Waals surface area contributed by atoms with Crippen molar-refractivity contribution in [3.8, 4) is 6.07 Å². The van der Waals surface area contributed by atoms with Gasteiger partial charge in [0, 0.05) is 30.9 Å². The van der Waals surface area contributed by atoms with Gasteiger partial charge in [-0.1, -0.05) is 6.08 Å². The topological polar surface area (TPSA) is 48.7 Å². The van der Waals surface area contributed by atoms with Crippen molar-refractivity contribution >= 4 is 5.57 Å². The molecule has 0 unspecified atom stereocenters. The SMILES string of the molecule is N#Cc1cncc(C2=C[C@H]3CN[C@H]3C2)c1. The number of nitrogens with zero attached hydrogens (tertiary/aromatic N) is 2. The van der Waals surface area contributed by atoms with Crippen molar-refractivity contribution in [2.24, 2.45) is 5.92 Å². The van der Waals surface area contributed by atoms with Crippen molar-refractivity contribution in [2.75, 3.05) is 6.54 Å². The average Bonchev–Trinajstić information content (AvgIpc) is 2.55. The minimum Gasteiger partial charge on any atom is -0.312 e. The lowest BCUT2D eigenvalue weighted by Crippen LogP contribution is -2.49. The second-order valence-electron chi connectivity index (χ2n) is 4.15. The molecule has 0 spiro atoms. The minimum atomic E-state index is 0.630. The van der Waals surface area contributed by atoms with E-state index in [4.69, 9.17) is 5.26 Å². The van der Waals surface area contributed by atoms with Gasteiger partial charge in [0.05, 0.1) is 5.56 Å². The number of nitrogens with one attached hydrogen (secondary N) is 1. The van der Waals surface area contributed by atoms with Crippen molar-refractivity contribution in [3.05, 3.63) is 35.7 Å². The van der Waals surface area contributed by atoms with Gasteiger partial charge < -0.3 is 5.32 Å². The van der Waals surface area contributed by atoms with E-state index < -0.39 is 0 Å². The van der Waals surface area contributed by atoms with Crippen LogP contribution in [0.5, 0.6) is 0 Å². The zero-order chi connectivity index (χ0) is 10.3. The van der Waals surface area contributed by atoms with E-state index >= 15 is 0 Å². The molecule has 74 valence electrons. The summed E-state index contributed by atoms with van der Waals surface area (Å²) in [4.78, 5) is 4.09. The van der Waals surface area contributed by atoms with Crippen molar-refractivity contribution in [3.63, 3.8) is 0 Å². The third-order valence-corrected chi connectivity index (χ3v) is 3.23. The molecular weight excluding hydrogens is 186 g/mol. The molecular formula is C12H11N3. The maximum atomic E-state index is 8.80. The summed E-state index contributed by atoms with van der Waals surface area (Å²) in [6.07, 6.45) is 6.84. The van der Waals surface area contributed by atoms with Gasteiger partial charge in [0.1, 0.15) is 6.07 Å². The molecule has 2 atom stereocenters. The van der Waals surface area contributed by atoms with Crippen LogP contribution in [0.2, 0.25) is 0 Å². The molecule has 1 fully saturated rings. The van der Waals surface area contributed by atoms with Gasteiger partial charge in [-0.05, 0) is 23.6 Å². The van der Waals surface area contributed by atoms with Crippen LogP contribution >= 0.6 is 0 Å². The third kappa shape index (κ3) is 1.34. The number of hydrogen-bond acceptors (Lipinski definition) is 3. The molecule has 1 aromatic rings. The van der Waals surface area contributed by atoms with Crippen LogP contribution in [-0.2, 0) is 0 Å². The second-order valence-corrected chi connectivity index (χ2v) is 4.15. The molecule has 2 heterocycles. The quantitative estimate of drug-likeness (QED) is 0.738. The van der Waals surface area contributed by atoms with Crippen LogP contribution < -0.4 is 5.32 Å². The lowest BCUT2D eigenvalue weighted by molar-refractivity contribution is 0.306. The number of rotatable bonds is 1. The van der Waals surface area contributed by atoms with Crippen LogP contribution in [0.3, 0.4) is 0 Å². The zero-order valence-electron chi connectivity index (χ0n) is 8.27. The highest BCUT2D eigenvalue weighted by Gasteiger charge is 2.34. The number of aromatic nitrogens is 1. The normalized spacial score (nSPS) is 27.5. The first kappa shape index (κ1) is 8.63. The van der Waals surface area contributed by atoms with Gasteiger partial charge in [0.2, 0.25) is 0 Å². The average molecular weight is 197 g/mol. The van der Waals surface area contributed by atoms with Crippen molar-refractivity contribution in [2.45, 2.75) is 12.5 Å². The standard InChI is InChI=1S/C12H11N3/c13-4-8-1-10(6-14-5-8)9-2-11-7-15-12(11)3-9/h1-2,5-6,11-12,15H,3,7H2/t11-,12-/m0/s1. The first-order chi connectivity index (χ1) is 7.36. The van der Waals surface area contributed by atoms with Gasteiger partial charge >= 0.3 is 0 Å². The van der Waals surface area contributed by atoms with Crippen molar-refractivity contribution < 1.29 is 0 Å². The van der Waals surface area contributed by atoms with Crippen LogP contribution in [0.4, 0.5) is 0 Å². The molecule has 0 amide bonds. The fraction of sp³-hybridized carbons (Fsp3) is 0.333. The van der Waals surface area contributed by atoms with E-state index in [1.165, 1.54) is 5.57 Å². The number of nitriles is 1. The van der Waals surface area contributed by atoms with Crippen molar-refractivity contribution in [1.82, 2.24) is 10.3 Å². The van der Waals surface area contributed by atoms with Crippen LogP contribution in [-0.4, -0.2) is 17.6 Å². The summed E-state index contributed by atoms with van der Waals surface area (Å²) in [5, 5.41) is 12.2. The Balaban J connectivity index is 1.93. The largest absolute Gasteiger partial charge is 0.312 e. The summed E-state index contributed by atoms with van der Waals surface area (Å²) in [5.41, 5.74) is 3.07. The molecule has 1 aromatic heterocycles. The molecule has 3 rings (SSSR count). The second kappa shape index (κ2) is 3.18. The van der Waals surface area contributed by atoms with E-state index in [1.54, 1.807) is 6.20 Å². The van der Waals surface area contributed by atoms with Crippen LogP contribution in [0.1, 0.15) is 17.5 Å².